The van der Waals surface area contributed by atoms with Gasteiger partial charge in [-0.3, -0.25) is 0 Å². The van der Waals surface area contributed by atoms with Crippen LogP contribution in [0.25, 0.3) is 0 Å². The second-order valence-electron chi connectivity index (χ2n) is 4.11. The van der Waals surface area contributed by atoms with E-state index in [0.717, 1.165) is 18.5 Å². The summed E-state index contributed by atoms with van der Waals surface area (Å²) in [6.07, 6.45) is 6.14. The standard InChI is InChI=1S/C12H18N2O2/c1-16-12-9-5-3-2-4-6-10(9)13-11(14-12)7-8-15/h15H,2-8H2,1H3. The molecule has 1 aliphatic rings. The van der Waals surface area contributed by atoms with Crippen LogP contribution in [0.1, 0.15) is 36.3 Å². The van der Waals surface area contributed by atoms with Crippen molar-refractivity contribution in [2.75, 3.05) is 13.7 Å². The number of rotatable bonds is 3. The topological polar surface area (TPSA) is 55.2 Å². The van der Waals surface area contributed by atoms with E-state index in [1.165, 1.54) is 24.8 Å². The molecule has 1 heterocycles. The van der Waals surface area contributed by atoms with Crippen LogP contribution in [0.3, 0.4) is 0 Å². The maximum atomic E-state index is 8.92. The predicted molar refractivity (Wildman–Crippen MR) is 60.6 cm³/mol. The molecule has 0 aliphatic heterocycles. The van der Waals surface area contributed by atoms with Gasteiger partial charge in [0.15, 0.2) is 0 Å². The van der Waals surface area contributed by atoms with Gasteiger partial charge in [0.05, 0.1) is 19.4 Å². The first-order valence-corrected chi connectivity index (χ1v) is 5.88. The summed E-state index contributed by atoms with van der Waals surface area (Å²) in [6, 6.07) is 0. The molecule has 1 aromatic heterocycles. The van der Waals surface area contributed by atoms with E-state index in [4.69, 9.17) is 9.84 Å². The molecule has 0 radical (unpaired) electrons. The van der Waals surface area contributed by atoms with E-state index in [1.54, 1.807) is 7.11 Å². The van der Waals surface area contributed by atoms with Crippen molar-refractivity contribution >= 4 is 0 Å². The number of ether oxygens (including phenoxy) is 1. The SMILES string of the molecule is COc1nc(CCO)nc2c1CCCCC2. The van der Waals surface area contributed by atoms with Gasteiger partial charge in [-0.25, -0.2) is 4.98 Å². The summed E-state index contributed by atoms with van der Waals surface area (Å²) in [7, 11) is 1.65. The largest absolute Gasteiger partial charge is 0.481 e. The van der Waals surface area contributed by atoms with Gasteiger partial charge in [0.2, 0.25) is 5.88 Å². The second kappa shape index (κ2) is 5.25. The van der Waals surface area contributed by atoms with Crippen LogP contribution in [-0.4, -0.2) is 28.8 Å². The summed E-state index contributed by atoms with van der Waals surface area (Å²) in [5, 5.41) is 8.92. The van der Waals surface area contributed by atoms with Crippen molar-refractivity contribution in [3.05, 3.63) is 17.1 Å². The van der Waals surface area contributed by atoms with Crippen molar-refractivity contribution < 1.29 is 9.84 Å². The molecule has 16 heavy (non-hydrogen) atoms. The fourth-order valence-corrected chi connectivity index (χ4v) is 2.17. The van der Waals surface area contributed by atoms with Crippen molar-refractivity contribution in [2.45, 2.75) is 38.5 Å². The van der Waals surface area contributed by atoms with Gasteiger partial charge >= 0.3 is 0 Å². The molecule has 1 aliphatic carbocycles. The van der Waals surface area contributed by atoms with Crippen LogP contribution in [-0.2, 0) is 19.3 Å². The van der Waals surface area contributed by atoms with E-state index in [-0.39, 0.29) is 6.61 Å². The first-order valence-electron chi connectivity index (χ1n) is 5.88. The Balaban J connectivity index is 2.38. The summed E-state index contributed by atoms with van der Waals surface area (Å²) in [5.41, 5.74) is 2.29. The van der Waals surface area contributed by atoms with Gasteiger partial charge in [0, 0.05) is 12.0 Å². The minimum atomic E-state index is 0.0853. The zero-order valence-corrected chi connectivity index (χ0v) is 9.70. The van der Waals surface area contributed by atoms with Gasteiger partial charge in [-0.1, -0.05) is 6.42 Å². The molecule has 0 amide bonds. The van der Waals surface area contributed by atoms with Gasteiger partial charge in [-0.05, 0) is 25.7 Å². The predicted octanol–water partition coefficient (Wildman–Crippen LogP) is 1.29. The van der Waals surface area contributed by atoms with E-state index < -0.39 is 0 Å². The summed E-state index contributed by atoms with van der Waals surface area (Å²) < 4.78 is 5.32. The fraction of sp³-hybridized carbons (Fsp3) is 0.667. The number of hydrogen-bond acceptors (Lipinski definition) is 4. The minimum absolute atomic E-state index is 0.0853. The molecule has 0 fully saturated rings. The second-order valence-corrected chi connectivity index (χ2v) is 4.11. The lowest BCUT2D eigenvalue weighted by Crippen LogP contribution is -2.08. The number of nitrogens with zero attached hydrogens (tertiary/aromatic N) is 2. The highest BCUT2D eigenvalue weighted by atomic mass is 16.5. The van der Waals surface area contributed by atoms with Crippen LogP contribution in [0.2, 0.25) is 0 Å². The summed E-state index contributed by atoms with van der Waals surface area (Å²) in [4.78, 5) is 8.86. The van der Waals surface area contributed by atoms with Crippen LogP contribution >= 0.6 is 0 Å². The Labute approximate surface area is 95.7 Å². The van der Waals surface area contributed by atoms with Crippen LogP contribution in [0.15, 0.2) is 0 Å². The van der Waals surface area contributed by atoms with Crippen LogP contribution in [0.4, 0.5) is 0 Å². The zero-order valence-electron chi connectivity index (χ0n) is 9.70. The third-order valence-corrected chi connectivity index (χ3v) is 2.97. The molecule has 0 atom stereocenters. The normalized spacial score (nSPS) is 15.4. The minimum Gasteiger partial charge on any atom is -0.481 e. The average Bonchev–Trinajstić information content (AvgIpc) is 2.53. The summed E-state index contributed by atoms with van der Waals surface area (Å²) in [6.45, 7) is 0.0853. The Bertz CT molecular complexity index is 366. The smallest absolute Gasteiger partial charge is 0.219 e. The lowest BCUT2D eigenvalue weighted by atomic mass is 10.1. The third kappa shape index (κ3) is 2.32. The summed E-state index contributed by atoms with van der Waals surface area (Å²) >= 11 is 0. The Morgan fingerprint density at radius 2 is 2.00 bits per heavy atom. The molecule has 1 aromatic rings. The Kier molecular flexibility index (Phi) is 3.72. The quantitative estimate of drug-likeness (QED) is 0.783. The number of aromatic nitrogens is 2. The van der Waals surface area contributed by atoms with Crippen molar-refractivity contribution in [1.29, 1.82) is 0 Å². The maximum absolute atomic E-state index is 8.92. The lowest BCUT2D eigenvalue weighted by molar-refractivity contribution is 0.295. The molecule has 0 saturated heterocycles. The number of hydrogen-bond donors (Lipinski definition) is 1. The molecule has 0 unspecified atom stereocenters. The molecule has 88 valence electrons. The van der Waals surface area contributed by atoms with Crippen LogP contribution in [0, 0.1) is 0 Å². The van der Waals surface area contributed by atoms with Gasteiger partial charge < -0.3 is 9.84 Å². The molecular weight excluding hydrogens is 204 g/mol. The van der Waals surface area contributed by atoms with Crippen molar-refractivity contribution in [3.8, 4) is 5.88 Å². The molecule has 2 rings (SSSR count). The Morgan fingerprint density at radius 3 is 2.75 bits per heavy atom. The van der Waals surface area contributed by atoms with Gasteiger partial charge in [-0.15, -0.1) is 0 Å². The Morgan fingerprint density at radius 1 is 1.19 bits per heavy atom. The van der Waals surface area contributed by atoms with E-state index in [0.29, 0.717) is 18.1 Å². The fourth-order valence-electron chi connectivity index (χ4n) is 2.17. The van der Waals surface area contributed by atoms with Gasteiger partial charge in [-0.2, -0.15) is 4.98 Å². The van der Waals surface area contributed by atoms with Crippen LogP contribution in [0.5, 0.6) is 5.88 Å². The summed E-state index contributed by atoms with van der Waals surface area (Å²) in [5.74, 6) is 1.40. The molecule has 0 bridgehead atoms. The van der Waals surface area contributed by atoms with Crippen molar-refractivity contribution in [3.63, 3.8) is 0 Å². The monoisotopic (exact) mass is 222 g/mol. The number of fused-ring (bicyclic) bond motifs is 1. The van der Waals surface area contributed by atoms with E-state index >= 15 is 0 Å². The lowest BCUT2D eigenvalue weighted by Gasteiger charge is -2.11. The van der Waals surface area contributed by atoms with Gasteiger partial charge in [0.1, 0.15) is 5.82 Å². The molecular formula is C12H18N2O2. The van der Waals surface area contributed by atoms with Gasteiger partial charge in [0.25, 0.3) is 0 Å². The highest BCUT2D eigenvalue weighted by Gasteiger charge is 2.16. The number of aliphatic hydroxyl groups excluding tert-OH is 1. The number of aliphatic hydroxyl groups is 1. The highest BCUT2D eigenvalue weighted by molar-refractivity contribution is 5.32. The van der Waals surface area contributed by atoms with E-state index in [9.17, 15) is 0 Å². The highest BCUT2D eigenvalue weighted by Crippen LogP contribution is 2.26. The molecule has 4 heteroatoms. The van der Waals surface area contributed by atoms with Crippen LogP contribution < -0.4 is 4.74 Å². The van der Waals surface area contributed by atoms with Crippen molar-refractivity contribution in [2.24, 2.45) is 0 Å². The molecule has 0 spiro atoms. The molecule has 0 saturated carbocycles. The first kappa shape index (κ1) is 11.3. The maximum Gasteiger partial charge on any atom is 0.219 e. The number of aryl methyl sites for hydroxylation is 1. The Hall–Kier alpha value is -1.16. The number of methoxy groups -OCH3 is 1. The molecule has 1 N–H and O–H groups in total. The first-order chi connectivity index (χ1) is 7.85. The van der Waals surface area contributed by atoms with E-state index in [1.807, 2.05) is 0 Å². The zero-order chi connectivity index (χ0) is 11.4. The molecule has 4 nitrogen and oxygen atoms in total. The molecule has 0 aromatic carbocycles. The van der Waals surface area contributed by atoms with E-state index in [2.05, 4.69) is 9.97 Å². The average molecular weight is 222 g/mol. The van der Waals surface area contributed by atoms with Crippen molar-refractivity contribution in [1.82, 2.24) is 9.97 Å². The third-order valence-electron chi connectivity index (χ3n) is 2.97.